The van der Waals surface area contributed by atoms with Crippen molar-refractivity contribution >= 4 is 17.1 Å². The summed E-state index contributed by atoms with van der Waals surface area (Å²) in [6.45, 7) is 2.07. The van der Waals surface area contributed by atoms with Gasteiger partial charge in [0.1, 0.15) is 0 Å². The Balaban J connectivity index is 2.09. The minimum atomic E-state index is -0.419. The van der Waals surface area contributed by atoms with E-state index in [-0.39, 0.29) is 5.69 Å². The number of non-ortho nitro benzene ring substituents is 1. The van der Waals surface area contributed by atoms with Crippen molar-refractivity contribution in [3.05, 3.63) is 46.0 Å². The maximum atomic E-state index is 10.6. The Hall–Kier alpha value is -2.17. The molecule has 2 rings (SSSR count). The lowest BCUT2D eigenvalue weighted by Crippen LogP contribution is -1.96. The quantitative estimate of drug-likeness (QED) is 0.642. The van der Waals surface area contributed by atoms with Gasteiger partial charge in [-0.15, -0.1) is 0 Å². The fourth-order valence-electron chi connectivity index (χ4n) is 1.67. The molecule has 0 saturated carbocycles. The van der Waals surface area contributed by atoms with Crippen LogP contribution in [0.5, 0.6) is 0 Å². The standard InChI is InChI=1S/C12H13N3O2/c1-9-5-6-11(7-9)14-13-10-3-2-4-12(8-10)15(16)17/h2-4,7-8,13H,5-6H2,1H3. The van der Waals surface area contributed by atoms with Gasteiger partial charge in [-0.25, -0.2) is 0 Å². The largest absolute Gasteiger partial charge is 0.278 e. The van der Waals surface area contributed by atoms with Gasteiger partial charge in [0.2, 0.25) is 0 Å². The van der Waals surface area contributed by atoms with E-state index in [1.165, 1.54) is 17.7 Å². The first-order valence-electron chi connectivity index (χ1n) is 5.39. The third kappa shape index (κ3) is 2.90. The summed E-state index contributed by atoms with van der Waals surface area (Å²) in [4.78, 5) is 10.2. The van der Waals surface area contributed by atoms with Crippen LogP contribution in [-0.2, 0) is 0 Å². The fourth-order valence-corrected chi connectivity index (χ4v) is 1.67. The molecule has 1 N–H and O–H groups in total. The van der Waals surface area contributed by atoms with Crippen molar-refractivity contribution in [1.29, 1.82) is 0 Å². The van der Waals surface area contributed by atoms with E-state index in [1.807, 2.05) is 6.08 Å². The van der Waals surface area contributed by atoms with E-state index < -0.39 is 4.92 Å². The SMILES string of the molecule is CC1=CC(=NNc2cccc([N+](=O)[O-])c2)CC1. The molecule has 1 aliphatic rings. The lowest BCUT2D eigenvalue weighted by molar-refractivity contribution is -0.384. The number of nitrogens with one attached hydrogen (secondary N) is 1. The van der Waals surface area contributed by atoms with Gasteiger partial charge in [-0.1, -0.05) is 11.6 Å². The summed E-state index contributed by atoms with van der Waals surface area (Å²) in [5, 5.41) is 14.8. The lowest BCUT2D eigenvalue weighted by Gasteiger charge is -2.00. The number of hydrazone groups is 1. The predicted octanol–water partition coefficient (Wildman–Crippen LogP) is 3.10. The molecular formula is C12H13N3O2. The van der Waals surface area contributed by atoms with Gasteiger partial charge in [0.15, 0.2) is 0 Å². The van der Waals surface area contributed by atoms with E-state index in [0.29, 0.717) is 5.69 Å². The molecule has 1 aromatic carbocycles. The van der Waals surface area contributed by atoms with Crippen molar-refractivity contribution < 1.29 is 4.92 Å². The first kappa shape index (κ1) is 11.3. The summed E-state index contributed by atoms with van der Waals surface area (Å²) in [5.74, 6) is 0. The summed E-state index contributed by atoms with van der Waals surface area (Å²) >= 11 is 0. The second-order valence-electron chi connectivity index (χ2n) is 4.01. The van der Waals surface area contributed by atoms with Crippen LogP contribution in [0.4, 0.5) is 11.4 Å². The molecule has 0 aromatic heterocycles. The zero-order valence-corrected chi connectivity index (χ0v) is 9.51. The molecule has 0 bridgehead atoms. The normalized spacial score (nSPS) is 17.0. The number of nitro groups is 1. The van der Waals surface area contributed by atoms with Crippen molar-refractivity contribution in [2.45, 2.75) is 19.8 Å². The van der Waals surface area contributed by atoms with Crippen LogP contribution in [0, 0.1) is 10.1 Å². The molecule has 5 heteroatoms. The number of hydrogen-bond donors (Lipinski definition) is 1. The summed E-state index contributed by atoms with van der Waals surface area (Å²) in [6, 6.07) is 6.31. The number of rotatable bonds is 3. The highest BCUT2D eigenvalue weighted by Crippen LogP contribution is 2.18. The van der Waals surface area contributed by atoms with Crippen LogP contribution >= 0.6 is 0 Å². The van der Waals surface area contributed by atoms with E-state index in [0.717, 1.165) is 18.6 Å². The summed E-state index contributed by atoms with van der Waals surface area (Å²) in [6.07, 6.45) is 3.99. The second-order valence-corrected chi connectivity index (χ2v) is 4.01. The van der Waals surface area contributed by atoms with Crippen LogP contribution in [0.25, 0.3) is 0 Å². The maximum Gasteiger partial charge on any atom is 0.271 e. The zero-order valence-electron chi connectivity index (χ0n) is 9.51. The lowest BCUT2D eigenvalue weighted by atomic mass is 10.3. The molecule has 5 nitrogen and oxygen atoms in total. The zero-order chi connectivity index (χ0) is 12.3. The van der Waals surface area contributed by atoms with Crippen LogP contribution in [0.15, 0.2) is 41.0 Å². The van der Waals surface area contributed by atoms with Gasteiger partial charge in [0.05, 0.1) is 16.3 Å². The number of nitro benzene ring substituents is 1. The van der Waals surface area contributed by atoms with Gasteiger partial charge in [-0.05, 0) is 31.9 Å². The first-order valence-corrected chi connectivity index (χ1v) is 5.39. The minimum absolute atomic E-state index is 0.0633. The van der Waals surface area contributed by atoms with E-state index >= 15 is 0 Å². The van der Waals surface area contributed by atoms with Crippen molar-refractivity contribution in [2.75, 3.05) is 5.43 Å². The highest BCUT2D eigenvalue weighted by Gasteiger charge is 2.07. The third-order valence-electron chi connectivity index (χ3n) is 2.57. The van der Waals surface area contributed by atoms with E-state index in [9.17, 15) is 10.1 Å². The molecule has 0 aliphatic heterocycles. The smallest absolute Gasteiger partial charge is 0.271 e. The number of benzene rings is 1. The Bertz CT molecular complexity index is 506. The van der Waals surface area contributed by atoms with Crippen LogP contribution in [0.2, 0.25) is 0 Å². The number of allylic oxidation sites excluding steroid dienone is 2. The van der Waals surface area contributed by atoms with Crippen LogP contribution in [-0.4, -0.2) is 10.6 Å². The maximum absolute atomic E-state index is 10.6. The molecule has 0 fully saturated rings. The van der Waals surface area contributed by atoms with Gasteiger partial charge < -0.3 is 0 Å². The highest BCUT2D eigenvalue weighted by atomic mass is 16.6. The van der Waals surface area contributed by atoms with E-state index in [1.54, 1.807) is 12.1 Å². The molecule has 0 heterocycles. The predicted molar refractivity (Wildman–Crippen MR) is 67.1 cm³/mol. The van der Waals surface area contributed by atoms with Crippen molar-refractivity contribution in [3.8, 4) is 0 Å². The molecule has 0 spiro atoms. The van der Waals surface area contributed by atoms with Gasteiger partial charge in [0, 0.05) is 12.1 Å². The van der Waals surface area contributed by atoms with Crippen LogP contribution in [0.1, 0.15) is 19.8 Å². The van der Waals surface area contributed by atoms with E-state index in [4.69, 9.17) is 0 Å². The Kier molecular flexibility index (Phi) is 3.18. The van der Waals surface area contributed by atoms with Crippen LogP contribution in [0.3, 0.4) is 0 Å². The third-order valence-corrected chi connectivity index (χ3v) is 2.57. The first-order chi connectivity index (χ1) is 8.15. The molecule has 0 atom stereocenters. The van der Waals surface area contributed by atoms with Gasteiger partial charge in [0.25, 0.3) is 5.69 Å². The Morgan fingerprint density at radius 3 is 2.88 bits per heavy atom. The minimum Gasteiger partial charge on any atom is -0.278 e. The van der Waals surface area contributed by atoms with Crippen LogP contribution < -0.4 is 5.43 Å². The van der Waals surface area contributed by atoms with E-state index in [2.05, 4.69) is 17.5 Å². The summed E-state index contributed by atoms with van der Waals surface area (Å²) in [5.41, 5.74) is 5.82. The highest BCUT2D eigenvalue weighted by molar-refractivity contribution is 5.98. The summed E-state index contributed by atoms with van der Waals surface area (Å²) in [7, 11) is 0. The molecule has 1 aliphatic carbocycles. The molecule has 0 amide bonds. The molecule has 0 radical (unpaired) electrons. The fraction of sp³-hybridized carbons (Fsp3) is 0.250. The topological polar surface area (TPSA) is 67.5 Å². The number of hydrogen-bond acceptors (Lipinski definition) is 4. The Morgan fingerprint density at radius 1 is 1.41 bits per heavy atom. The summed E-state index contributed by atoms with van der Waals surface area (Å²) < 4.78 is 0. The number of anilines is 1. The molecule has 17 heavy (non-hydrogen) atoms. The molecule has 1 aromatic rings. The van der Waals surface area contributed by atoms with Gasteiger partial charge in [-0.3, -0.25) is 15.5 Å². The van der Waals surface area contributed by atoms with Gasteiger partial charge in [-0.2, -0.15) is 5.10 Å². The molecular weight excluding hydrogens is 218 g/mol. The molecule has 0 saturated heterocycles. The van der Waals surface area contributed by atoms with Crippen molar-refractivity contribution in [2.24, 2.45) is 5.10 Å². The second kappa shape index (κ2) is 4.78. The number of nitrogens with zero attached hydrogens (tertiary/aromatic N) is 2. The van der Waals surface area contributed by atoms with Crippen molar-refractivity contribution in [3.63, 3.8) is 0 Å². The Labute approximate surface area is 99.0 Å². The average molecular weight is 231 g/mol. The van der Waals surface area contributed by atoms with Crippen molar-refractivity contribution in [1.82, 2.24) is 0 Å². The monoisotopic (exact) mass is 231 g/mol. The Morgan fingerprint density at radius 2 is 2.24 bits per heavy atom. The molecule has 88 valence electrons. The van der Waals surface area contributed by atoms with Gasteiger partial charge >= 0.3 is 0 Å². The average Bonchev–Trinajstić information content (AvgIpc) is 2.73. The molecule has 0 unspecified atom stereocenters.